The summed E-state index contributed by atoms with van der Waals surface area (Å²) in [5.74, 6) is 0.924. The zero-order chi connectivity index (χ0) is 12.3. The first-order chi connectivity index (χ1) is 8.19. The van der Waals surface area contributed by atoms with Crippen LogP contribution in [-0.4, -0.2) is 18.8 Å². The number of aliphatic hydroxyl groups excluding tert-OH is 1. The molecule has 0 aliphatic heterocycles. The van der Waals surface area contributed by atoms with E-state index in [1.807, 2.05) is 12.1 Å². The molecule has 0 unspecified atom stereocenters. The van der Waals surface area contributed by atoms with Crippen molar-refractivity contribution in [2.75, 3.05) is 13.7 Å². The number of halogens is 1. The van der Waals surface area contributed by atoms with Crippen molar-refractivity contribution in [1.82, 2.24) is 0 Å². The number of rotatable bonds is 4. The standard InChI is InChI=1S/C14H19BrO2/c1-17-13-5-4-12(15)8-11(13)9-14(10-16)6-2-3-7-14/h4-5,8,16H,2-3,6-7,9-10H2,1H3. The highest BCUT2D eigenvalue weighted by Gasteiger charge is 2.34. The number of hydrogen-bond acceptors (Lipinski definition) is 2. The molecule has 1 aliphatic rings. The van der Waals surface area contributed by atoms with Gasteiger partial charge in [0.15, 0.2) is 0 Å². The van der Waals surface area contributed by atoms with Crippen molar-refractivity contribution in [3.63, 3.8) is 0 Å². The van der Waals surface area contributed by atoms with Crippen LogP contribution < -0.4 is 4.74 Å². The van der Waals surface area contributed by atoms with Crippen molar-refractivity contribution in [2.24, 2.45) is 5.41 Å². The molecular formula is C14H19BrO2. The minimum absolute atomic E-state index is 0.0775. The topological polar surface area (TPSA) is 29.5 Å². The Morgan fingerprint density at radius 1 is 1.35 bits per heavy atom. The number of benzene rings is 1. The van der Waals surface area contributed by atoms with Crippen LogP contribution in [0.25, 0.3) is 0 Å². The Bertz CT molecular complexity index is 384. The summed E-state index contributed by atoms with van der Waals surface area (Å²) < 4.78 is 6.47. The summed E-state index contributed by atoms with van der Waals surface area (Å²) in [6.45, 7) is 0.280. The molecule has 17 heavy (non-hydrogen) atoms. The minimum atomic E-state index is 0.0775. The number of methoxy groups -OCH3 is 1. The Morgan fingerprint density at radius 2 is 2.06 bits per heavy atom. The second-order valence-corrected chi connectivity index (χ2v) is 5.91. The van der Waals surface area contributed by atoms with E-state index in [1.165, 1.54) is 18.4 Å². The van der Waals surface area contributed by atoms with Crippen molar-refractivity contribution >= 4 is 15.9 Å². The number of ether oxygens (including phenoxy) is 1. The van der Waals surface area contributed by atoms with Gasteiger partial charge < -0.3 is 9.84 Å². The number of hydrogen-bond donors (Lipinski definition) is 1. The largest absolute Gasteiger partial charge is 0.496 e. The Balaban J connectivity index is 2.24. The van der Waals surface area contributed by atoms with E-state index >= 15 is 0 Å². The summed E-state index contributed by atoms with van der Waals surface area (Å²) in [7, 11) is 1.70. The molecule has 1 saturated carbocycles. The fourth-order valence-electron chi connectivity index (χ4n) is 2.81. The maximum absolute atomic E-state index is 9.66. The summed E-state index contributed by atoms with van der Waals surface area (Å²) in [6.07, 6.45) is 5.62. The molecular weight excluding hydrogens is 280 g/mol. The molecule has 0 saturated heterocycles. The molecule has 1 fully saturated rings. The van der Waals surface area contributed by atoms with Crippen LogP contribution in [0, 0.1) is 5.41 Å². The lowest BCUT2D eigenvalue weighted by molar-refractivity contribution is 0.129. The molecule has 0 radical (unpaired) electrons. The fourth-order valence-corrected chi connectivity index (χ4v) is 3.21. The van der Waals surface area contributed by atoms with Gasteiger partial charge in [-0.2, -0.15) is 0 Å². The van der Waals surface area contributed by atoms with Gasteiger partial charge in [0.25, 0.3) is 0 Å². The highest BCUT2D eigenvalue weighted by atomic mass is 79.9. The van der Waals surface area contributed by atoms with E-state index in [4.69, 9.17) is 4.74 Å². The molecule has 0 spiro atoms. The van der Waals surface area contributed by atoms with Crippen LogP contribution in [0.1, 0.15) is 31.2 Å². The van der Waals surface area contributed by atoms with Gasteiger partial charge in [-0.15, -0.1) is 0 Å². The van der Waals surface area contributed by atoms with Crippen LogP contribution in [0.4, 0.5) is 0 Å². The molecule has 2 nitrogen and oxygen atoms in total. The summed E-state index contributed by atoms with van der Waals surface area (Å²) in [5, 5.41) is 9.66. The van der Waals surface area contributed by atoms with Crippen LogP contribution in [0.5, 0.6) is 5.75 Å². The van der Waals surface area contributed by atoms with Crippen molar-refractivity contribution in [3.05, 3.63) is 28.2 Å². The summed E-state index contributed by atoms with van der Waals surface area (Å²) in [6, 6.07) is 6.08. The van der Waals surface area contributed by atoms with Gasteiger partial charge in [0.2, 0.25) is 0 Å². The summed E-state index contributed by atoms with van der Waals surface area (Å²) in [4.78, 5) is 0. The van der Waals surface area contributed by atoms with Gasteiger partial charge in [0.1, 0.15) is 5.75 Å². The quantitative estimate of drug-likeness (QED) is 0.921. The summed E-state index contributed by atoms with van der Waals surface area (Å²) >= 11 is 3.50. The number of aliphatic hydroxyl groups is 1. The Labute approximate surface area is 111 Å². The molecule has 1 aliphatic carbocycles. The molecule has 3 heteroatoms. The molecule has 0 bridgehead atoms. The highest BCUT2D eigenvalue weighted by Crippen LogP contribution is 2.42. The van der Waals surface area contributed by atoms with Crippen LogP contribution in [0.2, 0.25) is 0 Å². The van der Waals surface area contributed by atoms with E-state index in [0.717, 1.165) is 29.5 Å². The van der Waals surface area contributed by atoms with Crippen molar-refractivity contribution < 1.29 is 9.84 Å². The maximum atomic E-state index is 9.66. The average molecular weight is 299 g/mol. The van der Waals surface area contributed by atoms with Gasteiger partial charge in [0, 0.05) is 11.1 Å². The zero-order valence-electron chi connectivity index (χ0n) is 10.2. The predicted octanol–water partition coefficient (Wildman–Crippen LogP) is 3.55. The van der Waals surface area contributed by atoms with E-state index in [0.29, 0.717) is 0 Å². The molecule has 0 aromatic heterocycles. The Kier molecular flexibility index (Phi) is 4.10. The van der Waals surface area contributed by atoms with Crippen molar-refractivity contribution in [2.45, 2.75) is 32.1 Å². The second kappa shape index (κ2) is 5.40. The molecule has 0 heterocycles. The van der Waals surface area contributed by atoms with Crippen LogP contribution in [-0.2, 0) is 6.42 Å². The molecule has 94 valence electrons. The van der Waals surface area contributed by atoms with Crippen LogP contribution in [0.3, 0.4) is 0 Å². The maximum Gasteiger partial charge on any atom is 0.122 e. The van der Waals surface area contributed by atoms with Gasteiger partial charge in [0.05, 0.1) is 7.11 Å². The normalized spacial score (nSPS) is 18.3. The van der Waals surface area contributed by atoms with E-state index in [1.54, 1.807) is 7.11 Å². The first kappa shape index (κ1) is 12.9. The second-order valence-electron chi connectivity index (χ2n) is 5.00. The third-order valence-corrected chi connectivity index (χ3v) is 4.30. The molecule has 0 amide bonds. The van der Waals surface area contributed by atoms with Gasteiger partial charge in [-0.25, -0.2) is 0 Å². The first-order valence-corrected chi connectivity index (χ1v) is 6.92. The predicted molar refractivity (Wildman–Crippen MR) is 72.4 cm³/mol. The summed E-state index contributed by atoms with van der Waals surface area (Å²) in [5.41, 5.74) is 1.27. The molecule has 2 rings (SSSR count). The van der Waals surface area contributed by atoms with Gasteiger partial charge in [-0.3, -0.25) is 0 Å². The van der Waals surface area contributed by atoms with Crippen molar-refractivity contribution in [3.8, 4) is 5.75 Å². The average Bonchev–Trinajstić information content (AvgIpc) is 2.79. The van der Waals surface area contributed by atoms with Crippen molar-refractivity contribution in [1.29, 1.82) is 0 Å². The monoisotopic (exact) mass is 298 g/mol. The third kappa shape index (κ3) is 2.83. The van der Waals surface area contributed by atoms with E-state index in [9.17, 15) is 5.11 Å². The third-order valence-electron chi connectivity index (χ3n) is 3.81. The molecule has 0 atom stereocenters. The van der Waals surface area contributed by atoms with E-state index < -0.39 is 0 Å². The van der Waals surface area contributed by atoms with Crippen LogP contribution >= 0.6 is 15.9 Å². The smallest absolute Gasteiger partial charge is 0.122 e. The lowest BCUT2D eigenvalue weighted by Gasteiger charge is -2.27. The van der Waals surface area contributed by atoms with Gasteiger partial charge in [-0.1, -0.05) is 28.8 Å². The SMILES string of the molecule is COc1ccc(Br)cc1CC1(CO)CCCC1. The van der Waals surface area contributed by atoms with E-state index in [2.05, 4.69) is 22.0 Å². The Morgan fingerprint density at radius 3 is 2.65 bits per heavy atom. The van der Waals surface area contributed by atoms with Gasteiger partial charge >= 0.3 is 0 Å². The lowest BCUT2D eigenvalue weighted by atomic mass is 9.80. The molecule has 1 N–H and O–H groups in total. The van der Waals surface area contributed by atoms with Crippen LogP contribution in [0.15, 0.2) is 22.7 Å². The van der Waals surface area contributed by atoms with Gasteiger partial charge in [-0.05, 0) is 48.4 Å². The van der Waals surface area contributed by atoms with E-state index in [-0.39, 0.29) is 12.0 Å². The minimum Gasteiger partial charge on any atom is -0.496 e. The molecule has 1 aromatic rings. The first-order valence-electron chi connectivity index (χ1n) is 6.12. The Hall–Kier alpha value is -0.540. The highest BCUT2D eigenvalue weighted by molar-refractivity contribution is 9.10. The fraction of sp³-hybridized carbons (Fsp3) is 0.571. The lowest BCUT2D eigenvalue weighted by Crippen LogP contribution is -2.24. The zero-order valence-corrected chi connectivity index (χ0v) is 11.8. The molecule has 1 aromatic carbocycles.